The summed E-state index contributed by atoms with van der Waals surface area (Å²) < 4.78 is 17.0. The van der Waals surface area contributed by atoms with Crippen LogP contribution in [0.15, 0.2) is 55.9 Å². The fourth-order valence-electron chi connectivity index (χ4n) is 3.17. The molecule has 0 unspecified atom stereocenters. The molecule has 3 aromatic rings. The molecule has 158 valence electrons. The van der Waals surface area contributed by atoms with Crippen LogP contribution in [-0.4, -0.2) is 42.2 Å². The molecule has 4 rings (SSSR count). The van der Waals surface area contributed by atoms with Gasteiger partial charge in [-0.1, -0.05) is 12.1 Å². The topological polar surface area (TPSA) is 112 Å². The van der Waals surface area contributed by atoms with Crippen molar-refractivity contribution in [1.82, 2.24) is 9.78 Å². The number of nitrogens with one attached hydrogen (secondary N) is 1. The van der Waals surface area contributed by atoms with Crippen molar-refractivity contribution in [3.05, 3.63) is 67.6 Å². The van der Waals surface area contributed by atoms with Crippen LogP contribution < -0.4 is 25.3 Å². The van der Waals surface area contributed by atoms with Gasteiger partial charge in [-0.25, -0.2) is 0 Å². The van der Waals surface area contributed by atoms with Crippen molar-refractivity contribution in [3.8, 4) is 17.2 Å². The van der Waals surface area contributed by atoms with Crippen molar-refractivity contribution >= 4 is 39.7 Å². The average molecular weight is 439 g/mol. The minimum atomic E-state index is -0.533. The molecule has 0 saturated carbocycles. The zero-order valence-corrected chi connectivity index (χ0v) is 17.6. The largest absolute Gasteiger partial charge is 0.493 e. The first-order chi connectivity index (χ1) is 15.0. The van der Waals surface area contributed by atoms with Gasteiger partial charge in [-0.05, 0) is 47.7 Å². The number of methoxy groups -OCH3 is 3. The zero-order valence-electron chi connectivity index (χ0n) is 16.8. The highest BCUT2D eigenvalue weighted by molar-refractivity contribution is 8.18. The van der Waals surface area contributed by atoms with Crippen LogP contribution in [0.5, 0.6) is 17.2 Å². The maximum atomic E-state index is 12.8. The first-order valence-electron chi connectivity index (χ1n) is 9.04. The van der Waals surface area contributed by atoms with Gasteiger partial charge in [0.15, 0.2) is 16.7 Å². The SMILES string of the molecule is COc1cc(/C=C2/SC(n3[nH]c(=O)c4ccccc4c3=O)=NC2=O)cc(OC)c1OC. The van der Waals surface area contributed by atoms with Crippen molar-refractivity contribution in [1.29, 1.82) is 0 Å². The molecule has 10 heteroatoms. The number of ether oxygens (including phenoxy) is 3. The average Bonchev–Trinajstić information content (AvgIpc) is 3.15. The van der Waals surface area contributed by atoms with Crippen LogP contribution in [0, 0.1) is 0 Å². The molecule has 1 aromatic heterocycles. The predicted molar refractivity (Wildman–Crippen MR) is 118 cm³/mol. The lowest BCUT2D eigenvalue weighted by Crippen LogP contribution is -2.33. The molecule has 0 bridgehead atoms. The van der Waals surface area contributed by atoms with Crippen LogP contribution in [0.2, 0.25) is 0 Å². The molecule has 0 spiro atoms. The Labute approximate surface area is 179 Å². The summed E-state index contributed by atoms with van der Waals surface area (Å²) in [7, 11) is 4.48. The minimum Gasteiger partial charge on any atom is -0.493 e. The third kappa shape index (κ3) is 3.61. The summed E-state index contributed by atoms with van der Waals surface area (Å²) >= 11 is 0.977. The van der Waals surface area contributed by atoms with E-state index in [9.17, 15) is 14.4 Å². The number of hydrogen-bond acceptors (Lipinski definition) is 7. The second-order valence-electron chi connectivity index (χ2n) is 6.40. The highest BCUT2D eigenvalue weighted by Crippen LogP contribution is 2.39. The molecule has 0 aliphatic carbocycles. The summed E-state index contributed by atoms with van der Waals surface area (Å²) in [5.74, 6) is 0.755. The summed E-state index contributed by atoms with van der Waals surface area (Å²) in [5, 5.41) is 3.05. The number of carbonyl (C=O) groups is 1. The second-order valence-corrected chi connectivity index (χ2v) is 7.41. The first kappa shape index (κ1) is 20.5. The molecule has 31 heavy (non-hydrogen) atoms. The maximum absolute atomic E-state index is 12.8. The summed E-state index contributed by atoms with van der Waals surface area (Å²) in [5.41, 5.74) is -0.308. The Morgan fingerprint density at radius 2 is 1.61 bits per heavy atom. The maximum Gasteiger partial charge on any atom is 0.286 e. The van der Waals surface area contributed by atoms with E-state index < -0.39 is 17.0 Å². The fraction of sp³-hybridized carbons (Fsp3) is 0.143. The van der Waals surface area contributed by atoms with Crippen LogP contribution in [0.1, 0.15) is 5.56 Å². The number of aromatic amines is 1. The van der Waals surface area contributed by atoms with Gasteiger partial charge < -0.3 is 14.2 Å². The number of aliphatic imine (C=N–C) groups is 1. The standard InChI is InChI=1S/C21H17N3O6S/c1-28-14-8-11(9-15(29-2)17(14)30-3)10-16-19(26)22-21(31-16)24-20(27)13-7-5-4-6-12(13)18(25)23-24/h4-10H,1-3H3,(H,23,25)/b16-10+. The smallest absolute Gasteiger partial charge is 0.286 e. The van der Waals surface area contributed by atoms with Gasteiger partial charge in [-0.2, -0.15) is 9.67 Å². The number of hydrogen-bond donors (Lipinski definition) is 1. The van der Waals surface area contributed by atoms with E-state index in [0.29, 0.717) is 22.8 Å². The lowest BCUT2D eigenvalue weighted by molar-refractivity contribution is -0.113. The molecular formula is C21H17N3O6S. The number of benzene rings is 2. The molecule has 1 amide bonds. The van der Waals surface area contributed by atoms with Gasteiger partial charge in [0.2, 0.25) is 5.75 Å². The van der Waals surface area contributed by atoms with Gasteiger partial charge >= 0.3 is 0 Å². The van der Waals surface area contributed by atoms with Crippen LogP contribution in [0.25, 0.3) is 16.8 Å². The number of H-pyrrole nitrogens is 1. The number of fused-ring (bicyclic) bond motifs is 1. The minimum absolute atomic E-state index is 0.0662. The number of rotatable bonds is 4. The van der Waals surface area contributed by atoms with E-state index in [1.807, 2.05) is 0 Å². The summed E-state index contributed by atoms with van der Waals surface area (Å²) in [6.45, 7) is 0. The van der Waals surface area contributed by atoms with Crippen LogP contribution in [0.4, 0.5) is 0 Å². The van der Waals surface area contributed by atoms with Crippen molar-refractivity contribution in [2.45, 2.75) is 0 Å². The van der Waals surface area contributed by atoms with E-state index >= 15 is 0 Å². The molecule has 0 saturated heterocycles. The molecular weight excluding hydrogens is 422 g/mol. The number of carbonyl (C=O) groups excluding carboxylic acids is 1. The Hall–Kier alpha value is -3.79. The highest BCUT2D eigenvalue weighted by atomic mass is 32.2. The lowest BCUT2D eigenvalue weighted by atomic mass is 10.1. The molecule has 0 atom stereocenters. The second kappa shape index (κ2) is 8.15. The molecule has 2 aromatic carbocycles. The van der Waals surface area contributed by atoms with Crippen molar-refractivity contribution in [2.24, 2.45) is 4.99 Å². The van der Waals surface area contributed by atoms with Gasteiger partial charge in [-0.15, -0.1) is 0 Å². The molecule has 0 fully saturated rings. The number of nitrogens with zero attached hydrogens (tertiary/aromatic N) is 2. The molecule has 0 radical (unpaired) electrons. The predicted octanol–water partition coefficient (Wildman–Crippen LogP) is 2.23. The molecule has 1 aliphatic rings. The normalized spacial score (nSPS) is 14.7. The Morgan fingerprint density at radius 3 is 2.23 bits per heavy atom. The van der Waals surface area contributed by atoms with Gasteiger partial charge in [0, 0.05) is 0 Å². The Bertz CT molecular complexity index is 1360. The van der Waals surface area contributed by atoms with Gasteiger partial charge in [0.25, 0.3) is 17.0 Å². The molecule has 2 heterocycles. The monoisotopic (exact) mass is 439 g/mol. The number of aromatic nitrogens is 2. The Balaban J connectivity index is 1.74. The third-order valence-corrected chi connectivity index (χ3v) is 5.57. The van der Waals surface area contributed by atoms with Crippen molar-refractivity contribution in [2.75, 3.05) is 21.3 Å². The molecule has 1 aliphatic heterocycles. The van der Waals surface area contributed by atoms with Crippen LogP contribution in [-0.2, 0) is 4.79 Å². The van der Waals surface area contributed by atoms with E-state index in [1.165, 1.54) is 21.3 Å². The highest BCUT2D eigenvalue weighted by Gasteiger charge is 2.25. The van der Waals surface area contributed by atoms with Crippen LogP contribution >= 0.6 is 11.8 Å². The summed E-state index contributed by atoms with van der Waals surface area (Å²) in [4.78, 5) is 41.8. The van der Waals surface area contributed by atoms with Gasteiger partial charge in [-0.3, -0.25) is 19.5 Å². The lowest BCUT2D eigenvalue weighted by Gasteiger charge is -2.13. The fourth-order valence-corrected chi connectivity index (χ4v) is 4.04. The van der Waals surface area contributed by atoms with Crippen molar-refractivity contribution in [3.63, 3.8) is 0 Å². The number of amides is 1. The van der Waals surface area contributed by atoms with E-state index in [2.05, 4.69) is 10.1 Å². The van der Waals surface area contributed by atoms with Crippen LogP contribution in [0.3, 0.4) is 0 Å². The zero-order chi connectivity index (χ0) is 22.1. The molecule has 1 N–H and O–H groups in total. The summed E-state index contributed by atoms with van der Waals surface area (Å²) in [6, 6.07) is 9.82. The van der Waals surface area contributed by atoms with Crippen molar-refractivity contribution < 1.29 is 19.0 Å². The Morgan fingerprint density at radius 1 is 0.968 bits per heavy atom. The van der Waals surface area contributed by atoms with E-state index in [-0.39, 0.29) is 20.8 Å². The number of thioether (sulfide) groups is 1. The van der Waals surface area contributed by atoms with Gasteiger partial charge in [0.1, 0.15) is 0 Å². The quantitative estimate of drug-likeness (QED) is 0.621. The van der Waals surface area contributed by atoms with E-state index in [4.69, 9.17) is 14.2 Å². The summed E-state index contributed by atoms with van der Waals surface area (Å²) in [6.07, 6.45) is 1.60. The van der Waals surface area contributed by atoms with E-state index in [0.717, 1.165) is 16.4 Å². The first-order valence-corrected chi connectivity index (χ1v) is 9.85. The van der Waals surface area contributed by atoms with Gasteiger partial charge in [0.05, 0.1) is 37.0 Å². The Kier molecular flexibility index (Phi) is 5.38. The third-order valence-electron chi connectivity index (χ3n) is 4.60. The van der Waals surface area contributed by atoms with E-state index in [1.54, 1.807) is 42.5 Å². The molecule has 9 nitrogen and oxygen atoms in total.